The molecule has 0 N–H and O–H groups in total. The highest BCUT2D eigenvalue weighted by Crippen LogP contribution is 2.08. The van der Waals surface area contributed by atoms with Crippen molar-refractivity contribution in [1.29, 1.82) is 0 Å². The highest BCUT2D eigenvalue weighted by Gasteiger charge is 2.23. The third-order valence-electron chi connectivity index (χ3n) is 1.12. The van der Waals surface area contributed by atoms with Crippen LogP contribution in [0.4, 0.5) is 0 Å². The van der Waals surface area contributed by atoms with Crippen LogP contribution in [0.5, 0.6) is 0 Å². The maximum absolute atomic E-state index is 10.7. The summed E-state index contributed by atoms with van der Waals surface area (Å²) in [5.74, 6) is 0.632. The van der Waals surface area contributed by atoms with Crippen LogP contribution in [0.15, 0.2) is 0 Å². The molecule has 3 atom stereocenters. The Morgan fingerprint density at radius 2 is 2.12 bits per heavy atom. The fourth-order valence-electron chi connectivity index (χ4n) is 0.631. The van der Waals surface area contributed by atoms with Gasteiger partial charge in [-0.15, -0.1) is 0 Å². The molecule has 0 aromatic rings. The molecule has 0 aromatic heterocycles. The molecule has 0 bridgehead atoms. The smallest absolute Gasteiger partial charge is 0.0995 e. The Kier molecular flexibility index (Phi) is 1.82. The molecule has 2 nitrogen and oxygen atoms in total. The van der Waals surface area contributed by atoms with Gasteiger partial charge in [0.05, 0.1) is 5.08 Å². The van der Waals surface area contributed by atoms with Gasteiger partial charge >= 0.3 is 0 Å². The van der Waals surface area contributed by atoms with Crippen LogP contribution in [0, 0.1) is 0 Å². The molecule has 1 aliphatic heterocycles. The van der Waals surface area contributed by atoms with E-state index >= 15 is 0 Å². The van der Waals surface area contributed by atoms with Gasteiger partial charge in [-0.1, -0.05) is 0 Å². The van der Waals surface area contributed by atoms with E-state index in [0.29, 0.717) is 10.8 Å². The van der Waals surface area contributed by atoms with Crippen molar-refractivity contribution in [3.05, 3.63) is 0 Å². The predicted molar refractivity (Wildman–Crippen MR) is 35.5 cm³/mol. The highest BCUT2D eigenvalue weighted by molar-refractivity contribution is 8.05. The van der Waals surface area contributed by atoms with Crippen molar-refractivity contribution >= 4 is 21.6 Å². The van der Waals surface area contributed by atoms with Crippen LogP contribution in [-0.2, 0) is 21.6 Å². The van der Waals surface area contributed by atoms with Crippen LogP contribution in [0.25, 0.3) is 0 Å². The standard InChI is InChI=1S/C4H8O2S2/c1-4-2-7(5)3-8(4)6/h4H,2-3H2,1H3. The Balaban J connectivity index is 2.64. The Morgan fingerprint density at radius 1 is 1.50 bits per heavy atom. The van der Waals surface area contributed by atoms with E-state index in [1.54, 1.807) is 0 Å². The molecule has 1 heterocycles. The van der Waals surface area contributed by atoms with Crippen LogP contribution >= 0.6 is 0 Å². The second-order valence-electron chi connectivity index (χ2n) is 1.92. The van der Waals surface area contributed by atoms with Crippen molar-refractivity contribution in [2.24, 2.45) is 0 Å². The fourth-order valence-corrected chi connectivity index (χ4v) is 4.57. The second kappa shape index (κ2) is 2.27. The van der Waals surface area contributed by atoms with Gasteiger partial charge in [-0.25, -0.2) is 0 Å². The summed E-state index contributed by atoms with van der Waals surface area (Å²) in [4.78, 5) is 0. The van der Waals surface area contributed by atoms with Crippen LogP contribution in [-0.4, -0.2) is 24.5 Å². The van der Waals surface area contributed by atoms with E-state index in [1.165, 1.54) is 0 Å². The Labute approximate surface area is 53.6 Å². The molecule has 0 aliphatic carbocycles. The van der Waals surface area contributed by atoms with Gasteiger partial charge in [0, 0.05) is 32.6 Å². The number of hydrogen-bond acceptors (Lipinski definition) is 2. The maximum atomic E-state index is 10.7. The van der Waals surface area contributed by atoms with E-state index in [1.807, 2.05) is 6.92 Å². The molecule has 0 radical (unpaired) electrons. The molecule has 1 saturated heterocycles. The lowest BCUT2D eigenvalue weighted by Gasteiger charge is -1.90. The Bertz CT molecular complexity index is 143. The summed E-state index contributed by atoms with van der Waals surface area (Å²) in [5, 5.41) is 0.567. The Hall–Kier alpha value is 0.300. The zero-order chi connectivity index (χ0) is 6.15. The molecular weight excluding hydrogens is 144 g/mol. The quantitative estimate of drug-likeness (QED) is 0.483. The van der Waals surface area contributed by atoms with E-state index in [2.05, 4.69) is 0 Å². The molecule has 8 heavy (non-hydrogen) atoms. The third kappa shape index (κ3) is 1.17. The molecule has 0 amide bonds. The fraction of sp³-hybridized carbons (Fsp3) is 1.00. The third-order valence-corrected chi connectivity index (χ3v) is 5.24. The van der Waals surface area contributed by atoms with Crippen LogP contribution in [0.2, 0.25) is 0 Å². The van der Waals surface area contributed by atoms with E-state index < -0.39 is 21.6 Å². The second-order valence-corrected chi connectivity index (χ2v) is 5.64. The first-order valence-electron chi connectivity index (χ1n) is 2.42. The van der Waals surface area contributed by atoms with Crippen molar-refractivity contribution in [1.82, 2.24) is 0 Å². The summed E-state index contributed by atoms with van der Waals surface area (Å²) in [6.07, 6.45) is 0. The van der Waals surface area contributed by atoms with Crippen LogP contribution < -0.4 is 0 Å². The van der Waals surface area contributed by atoms with E-state index in [9.17, 15) is 8.42 Å². The summed E-state index contributed by atoms with van der Waals surface area (Å²) < 4.78 is 21.3. The molecule has 0 saturated carbocycles. The van der Waals surface area contributed by atoms with Crippen molar-refractivity contribution < 1.29 is 8.42 Å². The first-order chi connectivity index (χ1) is 3.70. The van der Waals surface area contributed by atoms with Crippen molar-refractivity contribution in [3.63, 3.8) is 0 Å². The minimum Gasteiger partial charge on any atom is -0.259 e. The van der Waals surface area contributed by atoms with Crippen molar-refractivity contribution in [2.45, 2.75) is 12.2 Å². The molecule has 1 fully saturated rings. The average molecular weight is 152 g/mol. The predicted octanol–water partition coefficient (Wildman–Crippen LogP) is -0.157. The summed E-state index contributed by atoms with van der Waals surface area (Å²) in [6, 6.07) is 0. The summed E-state index contributed by atoms with van der Waals surface area (Å²) in [6.45, 7) is 1.88. The maximum Gasteiger partial charge on any atom is 0.0995 e. The molecule has 3 unspecified atom stereocenters. The molecule has 0 spiro atoms. The largest absolute Gasteiger partial charge is 0.259 e. The van der Waals surface area contributed by atoms with E-state index in [0.717, 1.165) is 0 Å². The normalized spacial score (nSPS) is 47.4. The van der Waals surface area contributed by atoms with Gasteiger partial charge in [-0.3, -0.25) is 8.42 Å². The first-order valence-corrected chi connectivity index (χ1v) is 5.29. The van der Waals surface area contributed by atoms with Gasteiger partial charge in [0.15, 0.2) is 0 Å². The number of rotatable bonds is 0. The topological polar surface area (TPSA) is 34.1 Å². The van der Waals surface area contributed by atoms with Crippen LogP contribution in [0.1, 0.15) is 6.92 Å². The highest BCUT2D eigenvalue weighted by atomic mass is 32.2. The summed E-state index contributed by atoms with van der Waals surface area (Å²) in [5.41, 5.74) is 0. The van der Waals surface area contributed by atoms with Gasteiger partial charge in [0.1, 0.15) is 0 Å². The lowest BCUT2D eigenvalue weighted by atomic mass is 10.6. The molecule has 1 aliphatic rings. The van der Waals surface area contributed by atoms with Crippen LogP contribution in [0.3, 0.4) is 0 Å². The summed E-state index contributed by atoms with van der Waals surface area (Å²) >= 11 is 0. The molecular formula is C4H8O2S2. The van der Waals surface area contributed by atoms with Crippen molar-refractivity contribution in [3.8, 4) is 0 Å². The SMILES string of the molecule is CC1CS(=O)CS1=O. The van der Waals surface area contributed by atoms with E-state index in [-0.39, 0.29) is 5.25 Å². The van der Waals surface area contributed by atoms with Gasteiger partial charge in [0.2, 0.25) is 0 Å². The van der Waals surface area contributed by atoms with Gasteiger partial charge < -0.3 is 0 Å². The first kappa shape index (κ1) is 6.42. The average Bonchev–Trinajstić information content (AvgIpc) is 1.85. The zero-order valence-electron chi connectivity index (χ0n) is 4.62. The lowest BCUT2D eigenvalue weighted by Crippen LogP contribution is -2.05. The molecule has 4 heteroatoms. The Morgan fingerprint density at radius 3 is 2.25 bits per heavy atom. The van der Waals surface area contributed by atoms with E-state index in [4.69, 9.17) is 0 Å². The zero-order valence-corrected chi connectivity index (χ0v) is 6.26. The minimum absolute atomic E-state index is 0.163. The molecule has 48 valence electrons. The van der Waals surface area contributed by atoms with Gasteiger partial charge in [0.25, 0.3) is 0 Å². The van der Waals surface area contributed by atoms with Gasteiger partial charge in [-0.05, 0) is 6.92 Å². The monoisotopic (exact) mass is 152 g/mol. The van der Waals surface area contributed by atoms with Gasteiger partial charge in [-0.2, -0.15) is 0 Å². The lowest BCUT2D eigenvalue weighted by molar-refractivity contribution is 0.682. The molecule has 0 aromatic carbocycles. The van der Waals surface area contributed by atoms with Crippen molar-refractivity contribution in [2.75, 3.05) is 10.8 Å². The summed E-state index contributed by atoms with van der Waals surface area (Å²) in [7, 11) is -1.58. The number of hydrogen-bond donors (Lipinski definition) is 0. The molecule has 1 rings (SSSR count). The minimum atomic E-state index is -0.798.